The van der Waals surface area contributed by atoms with Crippen LogP contribution in [0.3, 0.4) is 0 Å². The summed E-state index contributed by atoms with van der Waals surface area (Å²) in [6.07, 6.45) is 0. The van der Waals surface area contributed by atoms with Gasteiger partial charge in [0.1, 0.15) is 11.9 Å². The zero-order chi connectivity index (χ0) is 13.8. The van der Waals surface area contributed by atoms with Crippen molar-refractivity contribution < 1.29 is 4.39 Å². The molecule has 0 radical (unpaired) electrons. The Morgan fingerprint density at radius 3 is 2.16 bits per heavy atom. The smallest absolute Gasteiger partial charge is 0.123 e. The van der Waals surface area contributed by atoms with Gasteiger partial charge in [-0.2, -0.15) is 5.26 Å². The maximum Gasteiger partial charge on any atom is 0.123 e. The minimum absolute atomic E-state index is 0.00429. The Kier molecular flexibility index (Phi) is 4.39. The summed E-state index contributed by atoms with van der Waals surface area (Å²) in [5.74, 6) is 0.147. The Labute approximate surface area is 114 Å². The molecular formula is C15H20FN3. The fourth-order valence-corrected chi connectivity index (χ4v) is 2.56. The molecule has 0 aliphatic carbocycles. The highest BCUT2D eigenvalue weighted by atomic mass is 19.1. The van der Waals surface area contributed by atoms with Crippen LogP contribution in [0.5, 0.6) is 0 Å². The van der Waals surface area contributed by atoms with E-state index >= 15 is 0 Å². The number of rotatable bonds is 3. The molecule has 19 heavy (non-hydrogen) atoms. The summed E-state index contributed by atoms with van der Waals surface area (Å²) in [7, 11) is 0. The average molecular weight is 261 g/mol. The van der Waals surface area contributed by atoms with E-state index in [-0.39, 0.29) is 11.9 Å². The van der Waals surface area contributed by atoms with Crippen molar-refractivity contribution in [2.45, 2.75) is 19.9 Å². The minimum atomic E-state index is -0.202. The fourth-order valence-electron chi connectivity index (χ4n) is 2.56. The SMILES string of the molecule is CC(C)C(C#N)N1CCN(c2ccc(F)cc2)CC1. The Morgan fingerprint density at radius 1 is 1.11 bits per heavy atom. The third-order valence-electron chi connectivity index (χ3n) is 3.66. The molecule has 0 aromatic heterocycles. The summed E-state index contributed by atoms with van der Waals surface area (Å²) in [6, 6.07) is 9.00. The van der Waals surface area contributed by atoms with E-state index in [1.807, 2.05) is 12.1 Å². The van der Waals surface area contributed by atoms with Crippen molar-refractivity contribution in [1.29, 1.82) is 5.26 Å². The summed E-state index contributed by atoms with van der Waals surface area (Å²) in [5, 5.41) is 9.22. The Bertz CT molecular complexity index is 441. The van der Waals surface area contributed by atoms with Gasteiger partial charge in [0.15, 0.2) is 0 Å². The zero-order valence-corrected chi connectivity index (χ0v) is 11.5. The molecule has 3 nitrogen and oxygen atoms in total. The summed E-state index contributed by atoms with van der Waals surface area (Å²) in [6.45, 7) is 7.70. The van der Waals surface area contributed by atoms with E-state index in [2.05, 4.69) is 29.7 Å². The lowest BCUT2D eigenvalue weighted by atomic mass is 10.0. The largest absolute Gasteiger partial charge is 0.369 e. The number of benzene rings is 1. The highest BCUT2D eigenvalue weighted by Gasteiger charge is 2.25. The third-order valence-corrected chi connectivity index (χ3v) is 3.66. The lowest BCUT2D eigenvalue weighted by Crippen LogP contribution is -2.51. The summed E-state index contributed by atoms with van der Waals surface area (Å²) >= 11 is 0. The highest BCUT2D eigenvalue weighted by Crippen LogP contribution is 2.19. The maximum atomic E-state index is 12.9. The Balaban J connectivity index is 1.96. The number of halogens is 1. The van der Waals surface area contributed by atoms with Gasteiger partial charge in [0, 0.05) is 31.9 Å². The number of hydrogen-bond donors (Lipinski definition) is 0. The highest BCUT2D eigenvalue weighted by molar-refractivity contribution is 5.46. The van der Waals surface area contributed by atoms with E-state index in [9.17, 15) is 9.65 Å². The van der Waals surface area contributed by atoms with E-state index in [0.717, 1.165) is 31.9 Å². The van der Waals surface area contributed by atoms with Gasteiger partial charge in [-0.3, -0.25) is 4.90 Å². The number of nitriles is 1. The van der Waals surface area contributed by atoms with Gasteiger partial charge < -0.3 is 4.90 Å². The standard InChI is InChI=1S/C15H20FN3/c1-12(2)15(11-17)19-9-7-18(8-10-19)14-5-3-13(16)4-6-14/h3-6,12,15H,7-10H2,1-2H3. The van der Waals surface area contributed by atoms with Crippen molar-refractivity contribution in [2.24, 2.45) is 5.92 Å². The van der Waals surface area contributed by atoms with Gasteiger partial charge in [-0.15, -0.1) is 0 Å². The monoisotopic (exact) mass is 261 g/mol. The molecule has 1 aromatic rings. The van der Waals surface area contributed by atoms with Crippen LogP contribution in [0.1, 0.15) is 13.8 Å². The summed E-state index contributed by atoms with van der Waals surface area (Å²) in [4.78, 5) is 4.48. The number of nitrogens with zero attached hydrogens (tertiary/aromatic N) is 3. The topological polar surface area (TPSA) is 30.3 Å². The van der Waals surface area contributed by atoms with Gasteiger partial charge in [0.2, 0.25) is 0 Å². The Morgan fingerprint density at radius 2 is 1.68 bits per heavy atom. The van der Waals surface area contributed by atoms with E-state index < -0.39 is 0 Å². The predicted molar refractivity (Wildman–Crippen MR) is 74.4 cm³/mol. The van der Waals surface area contributed by atoms with Crippen LogP contribution < -0.4 is 4.90 Å². The molecule has 0 N–H and O–H groups in total. The second-order valence-electron chi connectivity index (χ2n) is 5.32. The molecule has 0 amide bonds. The van der Waals surface area contributed by atoms with E-state index in [0.29, 0.717) is 5.92 Å². The van der Waals surface area contributed by atoms with Gasteiger partial charge in [0.05, 0.1) is 6.07 Å². The van der Waals surface area contributed by atoms with E-state index in [4.69, 9.17) is 0 Å². The molecule has 1 aliphatic rings. The first-order chi connectivity index (χ1) is 9.11. The summed E-state index contributed by atoms with van der Waals surface area (Å²) in [5.41, 5.74) is 1.05. The van der Waals surface area contributed by atoms with Crippen LogP contribution in [0, 0.1) is 23.1 Å². The molecule has 0 bridgehead atoms. The molecule has 2 rings (SSSR count). The lowest BCUT2D eigenvalue weighted by molar-refractivity contribution is 0.184. The van der Waals surface area contributed by atoms with Crippen molar-refractivity contribution in [2.75, 3.05) is 31.1 Å². The molecule has 0 spiro atoms. The first-order valence-corrected chi connectivity index (χ1v) is 6.76. The van der Waals surface area contributed by atoms with Gasteiger partial charge in [0.25, 0.3) is 0 Å². The lowest BCUT2D eigenvalue weighted by Gasteiger charge is -2.39. The number of hydrogen-bond acceptors (Lipinski definition) is 3. The van der Waals surface area contributed by atoms with Crippen LogP contribution in [-0.4, -0.2) is 37.1 Å². The Hall–Kier alpha value is -1.60. The normalized spacial score (nSPS) is 18.4. The molecule has 1 atom stereocenters. The van der Waals surface area contributed by atoms with Gasteiger partial charge in [-0.1, -0.05) is 13.8 Å². The molecule has 1 fully saturated rings. The maximum absolute atomic E-state index is 12.9. The molecule has 0 saturated carbocycles. The molecule has 102 valence electrons. The molecule has 1 saturated heterocycles. The average Bonchev–Trinajstić information content (AvgIpc) is 2.41. The van der Waals surface area contributed by atoms with Crippen LogP contribution in [0.2, 0.25) is 0 Å². The predicted octanol–water partition coefficient (Wildman–Crippen LogP) is 2.50. The van der Waals surface area contributed by atoms with Gasteiger partial charge in [-0.25, -0.2) is 4.39 Å². The second kappa shape index (κ2) is 6.03. The minimum Gasteiger partial charge on any atom is -0.369 e. The van der Waals surface area contributed by atoms with Crippen LogP contribution >= 0.6 is 0 Å². The van der Waals surface area contributed by atoms with Gasteiger partial charge >= 0.3 is 0 Å². The molecule has 1 heterocycles. The third kappa shape index (κ3) is 3.24. The molecule has 1 aromatic carbocycles. The van der Waals surface area contributed by atoms with Crippen LogP contribution in [0.25, 0.3) is 0 Å². The van der Waals surface area contributed by atoms with Crippen LogP contribution in [-0.2, 0) is 0 Å². The molecule has 1 aliphatic heterocycles. The van der Waals surface area contributed by atoms with Crippen molar-refractivity contribution in [3.8, 4) is 6.07 Å². The van der Waals surface area contributed by atoms with Crippen molar-refractivity contribution in [3.05, 3.63) is 30.1 Å². The first kappa shape index (κ1) is 13.8. The fraction of sp³-hybridized carbons (Fsp3) is 0.533. The first-order valence-electron chi connectivity index (χ1n) is 6.76. The number of piperazine rings is 1. The molecule has 4 heteroatoms. The number of anilines is 1. The van der Waals surface area contributed by atoms with Crippen LogP contribution in [0.15, 0.2) is 24.3 Å². The van der Waals surface area contributed by atoms with Crippen molar-refractivity contribution >= 4 is 5.69 Å². The van der Waals surface area contributed by atoms with Crippen LogP contribution in [0.4, 0.5) is 10.1 Å². The van der Waals surface area contributed by atoms with Gasteiger partial charge in [-0.05, 0) is 30.2 Å². The second-order valence-corrected chi connectivity index (χ2v) is 5.32. The van der Waals surface area contributed by atoms with E-state index in [1.54, 1.807) is 0 Å². The quantitative estimate of drug-likeness (QED) is 0.837. The molecule has 1 unspecified atom stereocenters. The summed E-state index contributed by atoms with van der Waals surface area (Å²) < 4.78 is 12.9. The van der Waals surface area contributed by atoms with Crippen molar-refractivity contribution in [1.82, 2.24) is 4.90 Å². The zero-order valence-electron chi connectivity index (χ0n) is 11.5. The van der Waals surface area contributed by atoms with Crippen molar-refractivity contribution in [3.63, 3.8) is 0 Å². The van der Waals surface area contributed by atoms with E-state index in [1.165, 1.54) is 12.1 Å². The molecular weight excluding hydrogens is 241 g/mol.